The minimum absolute atomic E-state index is 0.0272. The Hall–Kier alpha value is -1.92. The molecule has 0 aliphatic heterocycles. The third-order valence-corrected chi connectivity index (χ3v) is 4.22. The van der Waals surface area contributed by atoms with Crippen LogP contribution in [0.3, 0.4) is 0 Å². The van der Waals surface area contributed by atoms with E-state index in [0.29, 0.717) is 5.69 Å². The molecule has 1 aromatic carbocycles. The Bertz CT molecular complexity index is 543. The number of ether oxygens (including phenoxy) is 1. The number of alkyl halides is 3. The number of para-hydroxylation sites is 2. The van der Waals surface area contributed by atoms with Gasteiger partial charge >= 0.3 is 6.18 Å². The van der Waals surface area contributed by atoms with Gasteiger partial charge < -0.3 is 15.0 Å². The number of benzene rings is 1. The van der Waals surface area contributed by atoms with E-state index in [1.807, 2.05) is 0 Å². The molecule has 1 amide bonds. The van der Waals surface area contributed by atoms with Crippen molar-refractivity contribution in [3.05, 3.63) is 24.3 Å². The van der Waals surface area contributed by atoms with Crippen LogP contribution in [-0.2, 0) is 4.79 Å². The molecule has 0 unspecified atom stereocenters. The molecule has 4 nitrogen and oxygen atoms in total. The summed E-state index contributed by atoms with van der Waals surface area (Å²) >= 11 is 0. The fourth-order valence-corrected chi connectivity index (χ4v) is 2.87. The summed E-state index contributed by atoms with van der Waals surface area (Å²) in [6, 6.07) is 6.57. The Morgan fingerprint density at radius 1 is 1.25 bits per heavy atom. The van der Waals surface area contributed by atoms with Crippen molar-refractivity contribution in [2.24, 2.45) is 0 Å². The van der Waals surface area contributed by atoms with Gasteiger partial charge in [-0.1, -0.05) is 31.4 Å². The number of nitrogens with one attached hydrogen (secondary N) is 1. The standard InChI is InChI=1S/C17H23F3N2O2/c1-22(13-7-3-2-4-8-13)16(23)11-21-14-9-5-6-10-15(14)24-12-17(18,19)20/h5-6,9-10,13,21H,2-4,7-8,11-12H2,1H3. The molecule has 0 radical (unpaired) electrons. The minimum Gasteiger partial charge on any atom is -0.482 e. The van der Waals surface area contributed by atoms with Crippen LogP contribution < -0.4 is 10.1 Å². The van der Waals surface area contributed by atoms with E-state index in [2.05, 4.69) is 5.32 Å². The van der Waals surface area contributed by atoms with Crippen LogP contribution in [0, 0.1) is 0 Å². The monoisotopic (exact) mass is 344 g/mol. The first-order chi connectivity index (χ1) is 11.4. The van der Waals surface area contributed by atoms with Crippen molar-refractivity contribution in [1.29, 1.82) is 0 Å². The predicted octanol–water partition coefficient (Wildman–Crippen LogP) is 3.83. The number of carbonyl (C=O) groups is 1. The lowest BCUT2D eigenvalue weighted by atomic mass is 9.94. The van der Waals surface area contributed by atoms with E-state index in [-0.39, 0.29) is 24.2 Å². The van der Waals surface area contributed by atoms with Crippen LogP contribution in [0.25, 0.3) is 0 Å². The molecule has 1 N–H and O–H groups in total. The molecule has 0 aromatic heterocycles. The first-order valence-electron chi connectivity index (χ1n) is 8.15. The highest BCUT2D eigenvalue weighted by Gasteiger charge is 2.29. The van der Waals surface area contributed by atoms with Crippen molar-refractivity contribution in [3.8, 4) is 5.75 Å². The minimum atomic E-state index is -4.40. The largest absolute Gasteiger partial charge is 0.482 e. The smallest absolute Gasteiger partial charge is 0.422 e. The Labute approximate surface area is 140 Å². The van der Waals surface area contributed by atoms with E-state index < -0.39 is 12.8 Å². The lowest BCUT2D eigenvalue weighted by Gasteiger charge is -2.31. The molecule has 2 rings (SSSR count). The first-order valence-corrected chi connectivity index (χ1v) is 8.15. The van der Waals surface area contributed by atoms with Gasteiger partial charge in [0.25, 0.3) is 0 Å². The van der Waals surface area contributed by atoms with E-state index in [0.717, 1.165) is 25.7 Å². The van der Waals surface area contributed by atoms with Crippen LogP contribution in [0.4, 0.5) is 18.9 Å². The third kappa shape index (κ3) is 5.62. The van der Waals surface area contributed by atoms with Gasteiger partial charge in [0.2, 0.25) is 5.91 Å². The summed E-state index contributed by atoms with van der Waals surface area (Å²) in [5, 5.41) is 2.89. The average molecular weight is 344 g/mol. The number of halogens is 3. The molecule has 134 valence electrons. The van der Waals surface area contributed by atoms with Gasteiger partial charge in [0.1, 0.15) is 5.75 Å². The summed E-state index contributed by atoms with van der Waals surface area (Å²) in [6.07, 6.45) is 1.08. The Kier molecular flexibility index (Phi) is 6.34. The van der Waals surface area contributed by atoms with Gasteiger partial charge in [-0.3, -0.25) is 4.79 Å². The lowest BCUT2D eigenvalue weighted by Crippen LogP contribution is -2.41. The summed E-state index contributed by atoms with van der Waals surface area (Å²) in [7, 11) is 1.78. The normalized spacial score (nSPS) is 15.8. The Morgan fingerprint density at radius 3 is 2.58 bits per heavy atom. The summed E-state index contributed by atoms with van der Waals surface area (Å²) < 4.78 is 41.7. The SMILES string of the molecule is CN(C(=O)CNc1ccccc1OCC(F)(F)F)C1CCCCC1. The van der Waals surface area contributed by atoms with E-state index >= 15 is 0 Å². The zero-order valence-electron chi connectivity index (χ0n) is 13.7. The molecule has 0 bridgehead atoms. The zero-order chi connectivity index (χ0) is 17.6. The summed E-state index contributed by atoms with van der Waals surface area (Å²) in [6.45, 7) is -1.33. The van der Waals surface area contributed by atoms with Gasteiger partial charge in [-0.2, -0.15) is 13.2 Å². The molecule has 1 saturated carbocycles. The highest BCUT2D eigenvalue weighted by molar-refractivity contribution is 5.81. The van der Waals surface area contributed by atoms with Crippen LogP contribution >= 0.6 is 0 Å². The fraction of sp³-hybridized carbons (Fsp3) is 0.588. The van der Waals surface area contributed by atoms with Gasteiger partial charge in [0.15, 0.2) is 6.61 Å². The second kappa shape index (κ2) is 8.26. The van der Waals surface area contributed by atoms with Crippen molar-refractivity contribution in [2.75, 3.05) is 25.5 Å². The Balaban J connectivity index is 1.90. The number of hydrogen-bond acceptors (Lipinski definition) is 3. The number of likely N-dealkylation sites (N-methyl/N-ethyl adjacent to an activating group) is 1. The maximum absolute atomic E-state index is 12.3. The zero-order valence-corrected chi connectivity index (χ0v) is 13.7. The number of carbonyl (C=O) groups excluding carboxylic acids is 1. The van der Waals surface area contributed by atoms with Crippen LogP contribution in [0.2, 0.25) is 0 Å². The van der Waals surface area contributed by atoms with Crippen LogP contribution in [-0.4, -0.2) is 43.2 Å². The summed E-state index contributed by atoms with van der Waals surface area (Å²) in [5.74, 6) is 0.00969. The average Bonchev–Trinajstić information content (AvgIpc) is 2.58. The molecule has 7 heteroatoms. The summed E-state index contributed by atoms with van der Waals surface area (Å²) in [5.41, 5.74) is 0.382. The van der Waals surface area contributed by atoms with Crippen LogP contribution in [0.15, 0.2) is 24.3 Å². The van der Waals surface area contributed by atoms with Crippen molar-refractivity contribution in [2.45, 2.75) is 44.3 Å². The maximum atomic E-state index is 12.3. The molecule has 1 aromatic rings. The predicted molar refractivity (Wildman–Crippen MR) is 86.1 cm³/mol. The second-order valence-electron chi connectivity index (χ2n) is 6.05. The fourth-order valence-electron chi connectivity index (χ4n) is 2.87. The van der Waals surface area contributed by atoms with Gasteiger partial charge in [0.05, 0.1) is 12.2 Å². The van der Waals surface area contributed by atoms with E-state index in [9.17, 15) is 18.0 Å². The Morgan fingerprint density at radius 2 is 1.92 bits per heavy atom. The number of nitrogens with zero attached hydrogens (tertiary/aromatic N) is 1. The van der Waals surface area contributed by atoms with Crippen molar-refractivity contribution < 1.29 is 22.7 Å². The number of amides is 1. The molecule has 1 aliphatic rings. The molecule has 0 heterocycles. The highest BCUT2D eigenvalue weighted by Crippen LogP contribution is 2.26. The maximum Gasteiger partial charge on any atom is 0.422 e. The topological polar surface area (TPSA) is 41.6 Å². The van der Waals surface area contributed by atoms with Crippen LogP contribution in [0.5, 0.6) is 5.75 Å². The van der Waals surface area contributed by atoms with E-state index in [4.69, 9.17) is 4.74 Å². The third-order valence-electron chi connectivity index (χ3n) is 4.22. The number of rotatable bonds is 6. The molecule has 0 atom stereocenters. The molecule has 0 saturated heterocycles. The van der Waals surface area contributed by atoms with Gasteiger partial charge in [-0.15, -0.1) is 0 Å². The highest BCUT2D eigenvalue weighted by atomic mass is 19.4. The number of anilines is 1. The van der Waals surface area contributed by atoms with Crippen LogP contribution in [0.1, 0.15) is 32.1 Å². The quantitative estimate of drug-likeness (QED) is 0.853. The van der Waals surface area contributed by atoms with Gasteiger partial charge in [-0.25, -0.2) is 0 Å². The summed E-state index contributed by atoms with van der Waals surface area (Å²) in [4.78, 5) is 14.0. The van der Waals surface area contributed by atoms with Gasteiger partial charge in [-0.05, 0) is 25.0 Å². The first kappa shape index (κ1) is 18.4. The number of hydrogen-bond donors (Lipinski definition) is 1. The van der Waals surface area contributed by atoms with Crippen molar-refractivity contribution >= 4 is 11.6 Å². The molecule has 0 spiro atoms. The van der Waals surface area contributed by atoms with Crippen molar-refractivity contribution in [1.82, 2.24) is 4.90 Å². The lowest BCUT2D eigenvalue weighted by molar-refractivity contribution is -0.153. The van der Waals surface area contributed by atoms with Crippen molar-refractivity contribution in [3.63, 3.8) is 0 Å². The molecule has 1 fully saturated rings. The van der Waals surface area contributed by atoms with E-state index in [1.54, 1.807) is 30.1 Å². The molecule has 1 aliphatic carbocycles. The second-order valence-corrected chi connectivity index (χ2v) is 6.05. The molecular weight excluding hydrogens is 321 g/mol. The van der Waals surface area contributed by atoms with E-state index in [1.165, 1.54) is 12.5 Å². The molecule has 24 heavy (non-hydrogen) atoms. The van der Waals surface area contributed by atoms with Gasteiger partial charge in [0, 0.05) is 13.1 Å². The molecular formula is C17H23F3N2O2.